The van der Waals surface area contributed by atoms with Gasteiger partial charge in [-0.2, -0.15) is 15.0 Å². The number of para-hydroxylation sites is 1. The van der Waals surface area contributed by atoms with Crippen LogP contribution in [0.1, 0.15) is 44.3 Å². The Balaban J connectivity index is 1.28. The number of esters is 1. The average molecular weight is 414 g/mol. The van der Waals surface area contributed by atoms with Gasteiger partial charge < -0.3 is 15.8 Å². The zero-order chi connectivity index (χ0) is 20.1. The fraction of sp³-hybridized carbons (Fsp3) is 0.524. The van der Waals surface area contributed by atoms with E-state index < -0.39 is 5.41 Å². The third-order valence-electron chi connectivity index (χ3n) is 6.48. The first-order valence-electron chi connectivity index (χ1n) is 10.1. The lowest BCUT2D eigenvalue weighted by atomic mass is 9.49. The molecule has 4 bridgehead atoms. The van der Waals surface area contributed by atoms with Gasteiger partial charge in [0.1, 0.15) is 0 Å². The molecule has 8 heteroatoms. The molecular formula is C21H24ClN5O2. The van der Waals surface area contributed by atoms with E-state index in [9.17, 15) is 4.79 Å². The van der Waals surface area contributed by atoms with E-state index in [2.05, 4.69) is 20.3 Å². The number of ether oxygens (including phenoxy) is 1. The van der Waals surface area contributed by atoms with Crippen molar-refractivity contribution >= 4 is 35.2 Å². The number of carbonyl (C=O) groups is 1. The number of rotatable bonds is 5. The minimum absolute atomic E-state index is 0.0264. The van der Waals surface area contributed by atoms with Crippen LogP contribution in [0.25, 0.3) is 0 Å². The zero-order valence-electron chi connectivity index (χ0n) is 16.1. The molecule has 1 heterocycles. The van der Waals surface area contributed by atoms with Gasteiger partial charge in [0.25, 0.3) is 0 Å². The van der Waals surface area contributed by atoms with Gasteiger partial charge in [-0.05, 0) is 62.5 Å². The Bertz CT molecular complexity index is 924. The van der Waals surface area contributed by atoms with Crippen molar-refractivity contribution in [1.29, 1.82) is 0 Å². The molecule has 152 valence electrons. The minimum atomic E-state index is -0.449. The molecule has 2 atom stereocenters. The van der Waals surface area contributed by atoms with Crippen LogP contribution >= 0.6 is 11.6 Å². The van der Waals surface area contributed by atoms with Crippen LogP contribution in [0.2, 0.25) is 0 Å². The van der Waals surface area contributed by atoms with Crippen LogP contribution in [0.5, 0.6) is 0 Å². The topological polar surface area (TPSA) is 103 Å². The maximum absolute atomic E-state index is 13.1. The largest absolute Gasteiger partial charge is 0.457 e. The number of anilines is 3. The standard InChI is InChI=1S/C21H24ClN5O2/c22-21-9-13-6-14(10-21)8-20(7-13,12-21)17(28)29-11-16-25-18(23)27-19(26-16)24-15-4-2-1-3-5-15/h1-5,13-14H,6-12H2,(H3,23,24,25,26,27). The number of nitrogen functional groups attached to an aromatic ring is 1. The Morgan fingerprint density at radius 1 is 1.14 bits per heavy atom. The molecule has 0 saturated heterocycles. The molecule has 29 heavy (non-hydrogen) atoms. The third kappa shape index (κ3) is 3.64. The first-order chi connectivity index (χ1) is 13.9. The molecule has 4 aliphatic carbocycles. The molecule has 7 nitrogen and oxygen atoms in total. The van der Waals surface area contributed by atoms with Crippen molar-refractivity contribution in [3.63, 3.8) is 0 Å². The lowest BCUT2D eigenvalue weighted by Crippen LogP contribution is -2.56. The van der Waals surface area contributed by atoms with Gasteiger partial charge in [-0.1, -0.05) is 18.2 Å². The molecule has 2 unspecified atom stereocenters. The van der Waals surface area contributed by atoms with Crippen LogP contribution in [-0.4, -0.2) is 25.8 Å². The predicted octanol–water partition coefficient (Wildman–Crippen LogP) is 3.82. The lowest BCUT2D eigenvalue weighted by molar-refractivity contribution is -0.171. The van der Waals surface area contributed by atoms with Gasteiger partial charge in [-0.15, -0.1) is 11.6 Å². The molecule has 1 aromatic carbocycles. The monoisotopic (exact) mass is 413 g/mol. The highest BCUT2D eigenvalue weighted by atomic mass is 35.5. The summed E-state index contributed by atoms with van der Waals surface area (Å²) in [6.07, 6.45) is 5.74. The van der Waals surface area contributed by atoms with E-state index in [1.807, 2.05) is 30.3 Å². The van der Waals surface area contributed by atoms with E-state index in [-0.39, 0.29) is 23.4 Å². The second-order valence-electron chi connectivity index (χ2n) is 8.89. The van der Waals surface area contributed by atoms with Crippen molar-refractivity contribution in [2.75, 3.05) is 11.1 Å². The number of aromatic nitrogens is 3. The molecule has 4 saturated carbocycles. The summed E-state index contributed by atoms with van der Waals surface area (Å²) < 4.78 is 5.68. The second kappa shape index (κ2) is 6.83. The highest BCUT2D eigenvalue weighted by Gasteiger charge is 2.60. The van der Waals surface area contributed by atoms with Crippen molar-refractivity contribution < 1.29 is 9.53 Å². The molecule has 2 aromatic rings. The van der Waals surface area contributed by atoms with Gasteiger partial charge >= 0.3 is 5.97 Å². The van der Waals surface area contributed by atoms with E-state index in [1.165, 1.54) is 6.42 Å². The number of benzene rings is 1. The molecule has 4 fully saturated rings. The van der Waals surface area contributed by atoms with Crippen molar-refractivity contribution in [1.82, 2.24) is 15.0 Å². The number of nitrogens with zero attached hydrogens (tertiary/aromatic N) is 3. The number of hydrogen-bond donors (Lipinski definition) is 2. The van der Waals surface area contributed by atoms with Gasteiger partial charge in [0.2, 0.25) is 11.9 Å². The van der Waals surface area contributed by atoms with Gasteiger partial charge in [-0.25, -0.2) is 0 Å². The van der Waals surface area contributed by atoms with Crippen LogP contribution in [0.3, 0.4) is 0 Å². The van der Waals surface area contributed by atoms with Crippen molar-refractivity contribution in [3.05, 3.63) is 36.2 Å². The zero-order valence-corrected chi connectivity index (χ0v) is 16.9. The Hall–Kier alpha value is -2.41. The van der Waals surface area contributed by atoms with Crippen LogP contribution in [-0.2, 0) is 16.1 Å². The molecule has 0 spiro atoms. The number of alkyl halides is 1. The number of halogens is 1. The summed E-state index contributed by atoms with van der Waals surface area (Å²) in [7, 11) is 0. The third-order valence-corrected chi connectivity index (χ3v) is 6.93. The fourth-order valence-corrected chi connectivity index (χ4v) is 6.57. The number of nitrogens with one attached hydrogen (secondary N) is 1. The van der Waals surface area contributed by atoms with Gasteiger partial charge in [0.15, 0.2) is 12.4 Å². The molecule has 0 amide bonds. The molecule has 1 aromatic heterocycles. The normalized spacial score (nSPS) is 32.2. The SMILES string of the molecule is Nc1nc(COC(=O)C23CC4CC(CC(Cl)(C4)C2)C3)nc(Nc2ccccc2)n1. The van der Waals surface area contributed by atoms with Gasteiger partial charge in [0.05, 0.1) is 5.41 Å². The van der Waals surface area contributed by atoms with Crippen molar-refractivity contribution in [2.45, 2.75) is 50.0 Å². The Morgan fingerprint density at radius 3 is 2.55 bits per heavy atom. The van der Waals surface area contributed by atoms with E-state index >= 15 is 0 Å². The predicted molar refractivity (Wildman–Crippen MR) is 109 cm³/mol. The second-order valence-corrected chi connectivity index (χ2v) is 9.69. The van der Waals surface area contributed by atoms with E-state index in [4.69, 9.17) is 22.1 Å². The summed E-state index contributed by atoms with van der Waals surface area (Å²) in [5, 5.41) is 3.09. The van der Waals surface area contributed by atoms with Crippen molar-refractivity contribution in [2.24, 2.45) is 17.3 Å². The Kier molecular flexibility index (Phi) is 4.38. The van der Waals surface area contributed by atoms with Crippen LogP contribution in [0, 0.1) is 17.3 Å². The molecule has 4 aliphatic rings. The molecule has 3 N–H and O–H groups in total. The van der Waals surface area contributed by atoms with Gasteiger partial charge in [0, 0.05) is 10.6 Å². The van der Waals surface area contributed by atoms with Crippen molar-refractivity contribution in [3.8, 4) is 0 Å². The highest BCUT2D eigenvalue weighted by Crippen LogP contribution is 2.64. The summed E-state index contributed by atoms with van der Waals surface area (Å²) in [5.74, 6) is 1.64. The summed E-state index contributed by atoms with van der Waals surface area (Å²) in [6, 6.07) is 9.53. The van der Waals surface area contributed by atoms with E-state index in [0.29, 0.717) is 30.0 Å². The van der Waals surface area contributed by atoms with Gasteiger partial charge in [-0.3, -0.25) is 4.79 Å². The molecular weight excluding hydrogens is 390 g/mol. The molecule has 0 aliphatic heterocycles. The number of carbonyl (C=O) groups excluding carboxylic acids is 1. The average Bonchev–Trinajstić information content (AvgIpc) is 2.64. The highest BCUT2D eigenvalue weighted by molar-refractivity contribution is 6.24. The molecule has 0 radical (unpaired) electrons. The van der Waals surface area contributed by atoms with Crippen LogP contribution in [0.4, 0.5) is 17.6 Å². The summed E-state index contributed by atoms with van der Waals surface area (Å²) in [6.45, 7) is -0.0264. The summed E-state index contributed by atoms with van der Waals surface area (Å²) >= 11 is 6.83. The maximum atomic E-state index is 13.1. The first kappa shape index (κ1) is 18.6. The van der Waals surface area contributed by atoms with E-state index in [0.717, 1.165) is 31.4 Å². The first-order valence-corrected chi connectivity index (χ1v) is 10.5. The van der Waals surface area contributed by atoms with Crippen LogP contribution < -0.4 is 11.1 Å². The Morgan fingerprint density at radius 2 is 1.86 bits per heavy atom. The molecule has 6 rings (SSSR count). The summed E-state index contributed by atoms with van der Waals surface area (Å²) in [5.41, 5.74) is 6.21. The number of nitrogens with two attached hydrogens (primary N) is 1. The maximum Gasteiger partial charge on any atom is 0.312 e. The van der Waals surface area contributed by atoms with E-state index in [1.54, 1.807) is 0 Å². The fourth-order valence-electron chi connectivity index (χ4n) is 5.88. The quantitative estimate of drug-likeness (QED) is 0.567. The lowest BCUT2D eigenvalue weighted by Gasteiger charge is -2.58. The number of hydrogen-bond acceptors (Lipinski definition) is 7. The smallest absolute Gasteiger partial charge is 0.312 e. The van der Waals surface area contributed by atoms with Crippen LogP contribution in [0.15, 0.2) is 30.3 Å². The summed E-state index contributed by atoms with van der Waals surface area (Å²) in [4.78, 5) is 25.4. The Labute approximate surface area is 174 Å². The minimum Gasteiger partial charge on any atom is -0.457 e.